The molecule has 0 aliphatic carbocycles. The van der Waals surface area contributed by atoms with E-state index in [0.29, 0.717) is 6.04 Å². The molecule has 0 aromatic heterocycles. The number of carbonyl (C=O) groups is 2. The number of nitrogens with one attached hydrogen (secondary N) is 2. The Hall–Kier alpha value is -0.300. The highest BCUT2D eigenvalue weighted by Crippen LogP contribution is 2.32. The molecule has 16 heteroatoms. The van der Waals surface area contributed by atoms with Gasteiger partial charge in [-0.05, 0) is 89.4 Å². The summed E-state index contributed by atoms with van der Waals surface area (Å²) in [6, 6.07) is 0.673. The number of hydrogen-bond donors (Lipinski definition) is 4. The molecule has 0 radical (unpaired) electrons. The molecule has 0 bridgehead atoms. The highest BCUT2D eigenvalue weighted by atomic mass is 33.1. The molecule has 4 aliphatic heterocycles. The van der Waals surface area contributed by atoms with Crippen LogP contribution in [0.15, 0.2) is 0 Å². The minimum Gasteiger partial charge on any atom is -0.447 e. The van der Waals surface area contributed by atoms with Gasteiger partial charge in [0.2, 0.25) is 0 Å². The summed E-state index contributed by atoms with van der Waals surface area (Å²) >= 11 is 8.83. The largest absolute Gasteiger partial charge is 0.447 e. The van der Waals surface area contributed by atoms with Crippen LogP contribution >= 0.6 is 45.3 Å². The minimum atomic E-state index is -0.394. The van der Waals surface area contributed by atoms with Crippen molar-refractivity contribution in [3.63, 3.8) is 0 Å². The topological polar surface area (TPSA) is 96.1 Å². The van der Waals surface area contributed by atoms with Crippen LogP contribution in [0.4, 0.5) is 9.59 Å². The van der Waals surface area contributed by atoms with Gasteiger partial charge in [0, 0.05) is 97.0 Å². The van der Waals surface area contributed by atoms with Gasteiger partial charge in [-0.1, -0.05) is 23.3 Å². The van der Waals surface area contributed by atoms with Crippen molar-refractivity contribution in [1.82, 2.24) is 38.8 Å². The molecule has 0 aromatic rings. The SMILES string of the molecule is CC(C)OC(=O)NC1(CN2CCN(C)CC2CC(C)OC(=O)NC2(CN3CCN(C)C(C)C3)CCN(SS)CC2)CCN(SS)CC1. The van der Waals surface area contributed by atoms with E-state index in [0.717, 1.165) is 111 Å². The summed E-state index contributed by atoms with van der Waals surface area (Å²) in [6.07, 6.45) is 2.96. The number of carbonyl (C=O) groups excluding carboxylic acids is 2. The van der Waals surface area contributed by atoms with E-state index in [9.17, 15) is 9.59 Å². The van der Waals surface area contributed by atoms with Crippen molar-refractivity contribution in [2.24, 2.45) is 0 Å². The third-order valence-corrected chi connectivity index (χ3v) is 13.0. The molecule has 4 heterocycles. The molecule has 4 fully saturated rings. The van der Waals surface area contributed by atoms with E-state index in [1.807, 2.05) is 20.8 Å². The van der Waals surface area contributed by atoms with Crippen LogP contribution in [0.1, 0.15) is 59.8 Å². The van der Waals surface area contributed by atoms with Gasteiger partial charge in [0.25, 0.3) is 0 Å². The van der Waals surface area contributed by atoms with Gasteiger partial charge in [0.1, 0.15) is 6.10 Å². The first-order valence-corrected chi connectivity index (χ1v) is 20.9. The summed E-state index contributed by atoms with van der Waals surface area (Å²) in [6.45, 7) is 18.8. The molecular weight excluding hydrogens is 677 g/mol. The minimum absolute atomic E-state index is 0.181. The van der Waals surface area contributed by atoms with Gasteiger partial charge in [-0.15, -0.1) is 0 Å². The average Bonchev–Trinajstić information content (AvgIpc) is 3.00. The van der Waals surface area contributed by atoms with Crippen LogP contribution in [-0.2, 0) is 9.47 Å². The first-order chi connectivity index (χ1) is 22.3. The van der Waals surface area contributed by atoms with Crippen LogP contribution in [0, 0.1) is 0 Å². The molecule has 0 aromatic carbocycles. The highest BCUT2D eigenvalue weighted by Gasteiger charge is 2.42. The lowest BCUT2D eigenvalue weighted by atomic mass is 9.86. The van der Waals surface area contributed by atoms with Gasteiger partial charge in [0.05, 0.1) is 17.2 Å². The van der Waals surface area contributed by atoms with Crippen molar-refractivity contribution in [2.45, 2.75) is 95.2 Å². The number of piperazine rings is 2. The Morgan fingerprint density at radius 1 is 0.787 bits per heavy atom. The number of piperidine rings is 2. The number of thiol groups is 2. The molecule has 12 nitrogen and oxygen atoms in total. The smallest absolute Gasteiger partial charge is 0.407 e. The molecule has 3 atom stereocenters. The standard InChI is InChI=1S/C31H60N8O4S4/c1-24(2)42-28(40)32-31(9-13-39(47-45)14-10-31)23-37-18-15-34(5)21-27(37)19-26(4)43-29(41)33-30(7-11-38(46-44)12-8-30)22-36-17-16-35(6)25(3)20-36/h24-27,44-45H,7-23H2,1-6H3,(H,32,40)(H,33,41). The van der Waals surface area contributed by atoms with Crippen molar-refractivity contribution in [3.8, 4) is 0 Å². The van der Waals surface area contributed by atoms with E-state index in [1.54, 1.807) is 0 Å². The van der Waals surface area contributed by atoms with E-state index >= 15 is 0 Å². The van der Waals surface area contributed by atoms with E-state index in [1.165, 1.54) is 22.0 Å². The monoisotopic (exact) mass is 736 g/mol. The molecule has 2 N–H and O–H groups in total. The summed E-state index contributed by atoms with van der Waals surface area (Å²) in [7, 11) is 7.27. The van der Waals surface area contributed by atoms with Crippen LogP contribution in [0.2, 0.25) is 0 Å². The van der Waals surface area contributed by atoms with Crippen molar-refractivity contribution < 1.29 is 19.1 Å². The van der Waals surface area contributed by atoms with Gasteiger partial charge >= 0.3 is 12.2 Å². The number of likely N-dealkylation sites (N-methyl/N-ethyl adjacent to an activating group) is 2. The maximum atomic E-state index is 13.6. The fourth-order valence-electron chi connectivity index (χ4n) is 7.52. The normalized spacial score (nSPS) is 27.8. The Labute approximate surface area is 302 Å². The summed E-state index contributed by atoms with van der Waals surface area (Å²) in [5, 5.41) is 6.66. The zero-order valence-electron chi connectivity index (χ0n) is 29.4. The quantitative estimate of drug-likeness (QED) is 0.134. The average molecular weight is 737 g/mol. The van der Waals surface area contributed by atoms with Gasteiger partial charge in [-0.3, -0.25) is 9.80 Å². The van der Waals surface area contributed by atoms with Crippen molar-refractivity contribution in [1.29, 1.82) is 0 Å². The predicted molar refractivity (Wildman–Crippen MR) is 200 cm³/mol. The molecule has 272 valence electrons. The number of nitrogens with zero attached hydrogens (tertiary/aromatic N) is 6. The maximum absolute atomic E-state index is 13.6. The molecule has 4 saturated heterocycles. The maximum Gasteiger partial charge on any atom is 0.407 e. The lowest BCUT2D eigenvalue weighted by Gasteiger charge is -2.48. The molecule has 4 aliphatic rings. The molecule has 0 saturated carbocycles. The van der Waals surface area contributed by atoms with Crippen molar-refractivity contribution in [3.05, 3.63) is 0 Å². The Kier molecular flexibility index (Phi) is 15.3. The molecule has 3 unspecified atom stereocenters. The van der Waals surface area contributed by atoms with Crippen LogP contribution in [-0.4, -0.2) is 168 Å². The van der Waals surface area contributed by atoms with Crippen molar-refractivity contribution in [2.75, 3.05) is 92.6 Å². The number of amides is 2. The summed E-state index contributed by atoms with van der Waals surface area (Å²) < 4.78 is 16.1. The fourth-order valence-corrected chi connectivity index (χ4v) is 9.19. The second kappa shape index (κ2) is 18.3. The first-order valence-electron chi connectivity index (χ1n) is 17.3. The molecule has 2 amide bonds. The molecule has 0 spiro atoms. The van der Waals surface area contributed by atoms with Crippen LogP contribution < -0.4 is 10.6 Å². The van der Waals surface area contributed by atoms with E-state index < -0.39 is 5.54 Å². The third kappa shape index (κ3) is 11.9. The van der Waals surface area contributed by atoms with Crippen LogP contribution in [0.5, 0.6) is 0 Å². The van der Waals surface area contributed by atoms with Crippen LogP contribution in [0.25, 0.3) is 0 Å². The van der Waals surface area contributed by atoms with E-state index in [-0.39, 0.29) is 36.0 Å². The Bertz CT molecular complexity index is 1000. The third-order valence-electron chi connectivity index (χ3n) is 10.5. The van der Waals surface area contributed by atoms with Gasteiger partial charge in [0.15, 0.2) is 0 Å². The van der Waals surface area contributed by atoms with Crippen molar-refractivity contribution >= 4 is 57.5 Å². The van der Waals surface area contributed by atoms with Crippen LogP contribution in [0.3, 0.4) is 0 Å². The summed E-state index contributed by atoms with van der Waals surface area (Å²) in [4.78, 5) is 36.2. The number of hydrogen-bond acceptors (Lipinski definition) is 14. The molecule has 47 heavy (non-hydrogen) atoms. The molecule has 4 rings (SSSR count). The Morgan fingerprint density at radius 2 is 1.34 bits per heavy atom. The number of ether oxygens (including phenoxy) is 2. The summed E-state index contributed by atoms with van der Waals surface area (Å²) in [5.41, 5.74) is -0.721. The summed E-state index contributed by atoms with van der Waals surface area (Å²) in [5.74, 6) is 0. The lowest BCUT2D eigenvalue weighted by molar-refractivity contribution is 0.0113. The lowest BCUT2D eigenvalue weighted by Crippen LogP contribution is -2.64. The highest BCUT2D eigenvalue weighted by molar-refractivity contribution is 8.67. The van der Waals surface area contributed by atoms with E-state index in [2.05, 4.69) is 83.2 Å². The molecular formula is C31H60N8O4S4. The Morgan fingerprint density at radius 3 is 1.87 bits per heavy atom. The second-order valence-corrected chi connectivity index (χ2v) is 17.0. The van der Waals surface area contributed by atoms with E-state index in [4.69, 9.17) is 9.47 Å². The number of alkyl carbamates (subject to hydrolysis) is 2. The first kappa shape index (κ1) is 39.5. The second-order valence-electron chi connectivity index (χ2n) is 14.7. The number of rotatable bonds is 12. The predicted octanol–water partition coefficient (Wildman–Crippen LogP) is 3.53. The Balaban J connectivity index is 1.39. The van der Waals surface area contributed by atoms with Gasteiger partial charge in [-0.25, -0.2) is 18.2 Å². The fraction of sp³-hybridized carbons (Fsp3) is 0.935. The zero-order valence-corrected chi connectivity index (χ0v) is 32.8. The van der Waals surface area contributed by atoms with Gasteiger partial charge in [-0.2, -0.15) is 0 Å². The van der Waals surface area contributed by atoms with Gasteiger partial charge < -0.3 is 29.9 Å². The zero-order chi connectivity index (χ0) is 34.2.